The lowest BCUT2D eigenvalue weighted by molar-refractivity contribution is 0.596. The first-order valence-electron chi connectivity index (χ1n) is 6.68. The molecular formula is C15H18BrNO2S2. The highest BCUT2D eigenvalue weighted by Crippen LogP contribution is 2.32. The van der Waals surface area contributed by atoms with Gasteiger partial charge in [0.25, 0.3) is 0 Å². The maximum Gasteiger partial charge on any atom is 0.175 e. The lowest BCUT2D eigenvalue weighted by Crippen LogP contribution is -2.23. The molecule has 0 spiro atoms. The van der Waals surface area contributed by atoms with Gasteiger partial charge in [0.2, 0.25) is 0 Å². The van der Waals surface area contributed by atoms with E-state index in [1.165, 1.54) is 11.8 Å². The van der Waals surface area contributed by atoms with Gasteiger partial charge >= 0.3 is 0 Å². The van der Waals surface area contributed by atoms with Crippen LogP contribution in [0, 0.1) is 0 Å². The molecule has 0 radical (unpaired) electrons. The van der Waals surface area contributed by atoms with E-state index in [2.05, 4.69) is 38.9 Å². The van der Waals surface area contributed by atoms with E-state index in [0.29, 0.717) is 4.90 Å². The molecule has 0 saturated carbocycles. The Morgan fingerprint density at radius 3 is 2.38 bits per heavy atom. The Kier molecular flexibility index (Phi) is 5.60. The van der Waals surface area contributed by atoms with Crippen molar-refractivity contribution in [2.45, 2.75) is 24.3 Å². The van der Waals surface area contributed by atoms with Crippen LogP contribution in [0.1, 0.15) is 30.5 Å². The van der Waals surface area contributed by atoms with Crippen molar-refractivity contribution in [3.8, 4) is 0 Å². The van der Waals surface area contributed by atoms with Crippen LogP contribution in [0.3, 0.4) is 0 Å². The van der Waals surface area contributed by atoms with Crippen molar-refractivity contribution >= 4 is 37.1 Å². The molecule has 2 rings (SSSR count). The van der Waals surface area contributed by atoms with E-state index in [1.807, 2.05) is 12.1 Å². The fourth-order valence-electron chi connectivity index (χ4n) is 2.10. The molecule has 114 valence electrons. The van der Waals surface area contributed by atoms with Crippen LogP contribution < -0.4 is 5.32 Å². The number of sulfone groups is 1. The van der Waals surface area contributed by atoms with Crippen molar-refractivity contribution in [3.05, 3.63) is 50.6 Å². The second kappa shape index (κ2) is 7.05. The Labute approximate surface area is 138 Å². The van der Waals surface area contributed by atoms with Crippen molar-refractivity contribution in [1.29, 1.82) is 0 Å². The highest BCUT2D eigenvalue weighted by molar-refractivity contribution is 9.10. The molecule has 0 aliphatic carbocycles. The smallest absolute Gasteiger partial charge is 0.175 e. The van der Waals surface area contributed by atoms with Gasteiger partial charge in [-0.15, -0.1) is 0 Å². The van der Waals surface area contributed by atoms with Gasteiger partial charge in [-0.2, -0.15) is 11.3 Å². The fourth-order valence-corrected chi connectivity index (χ4v) is 4.28. The van der Waals surface area contributed by atoms with Crippen molar-refractivity contribution in [2.75, 3.05) is 12.8 Å². The third-order valence-electron chi connectivity index (χ3n) is 3.19. The van der Waals surface area contributed by atoms with E-state index in [4.69, 9.17) is 0 Å². The molecule has 6 heteroatoms. The predicted molar refractivity (Wildman–Crippen MR) is 91.7 cm³/mol. The highest BCUT2D eigenvalue weighted by Gasteiger charge is 2.17. The van der Waals surface area contributed by atoms with Crippen molar-refractivity contribution in [3.63, 3.8) is 0 Å². The SMILES string of the molecule is CCCNC(c1ccc(S(C)(=O)=O)cc1)c1cscc1Br. The van der Waals surface area contributed by atoms with E-state index in [1.54, 1.807) is 23.5 Å². The lowest BCUT2D eigenvalue weighted by Gasteiger charge is -2.19. The molecule has 0 bridgehead atoms. The van der Waals surface area contributed by atoms with Gasteiger partial charge in [-0.05, 0) is 57.5 Å². The predicted octanol–water partition coefficient (Wildman–Crippen LogP) is 4.00. The molecule has 0 aliphatic rings. The molecule has 0 amide bonds. The Morgan fingerprint density at radius 2 is 1.90 bits per heavy atom. The summed E-state index contributed by atoms with van der Waals surface area (Å²) >= 11 is 5.22. The van der Waals surface area contributed by atoms with Gasteiger partial charge in [0, 0.05) is 16.1 Å². The fraction of sp³-hybridized carbons (Fsp3) is 0.333. The van der Waals surface area contributed by atoms with E-state index < -0.39 is 9.84 Å². The summed E-state index contributed by atoms with van der Waals surface area (Å²) in [4.78, 5) is 0.352. The molecule has 1 heterocycles. The van der Waals surface area contributed by atoms with Gasteiger partial charge in [0.15, 0.2) is 9.84 Å². The zero-order chi connectivity index (χ0) is 15.5. The first-order chi connectivity index (χ1) is 9.93. The standard InChI is InChI=1S/C15H18BrNO2S2/c1-3-8-17-15(13-9-20-10-14(13)16)11-4-6-12(7-5-11)21(2,18)19/h4-7,9-10,15,17H,3,8H2,1-2H3. The largest absolute Gasteiger partial charge is 0.306 e. The molecule has 0 aliphatic heterocycles. The number of halogens is 1. The minimum Gasteiger partial charge on any atom is -0.306 e. The van der Waals surface area contributed by atoms with E-state index in [9.17, 15) is 8.42 Å². The average molecular weight is 388 g/mol. The zero-order valence-electron chi connectivity index (χ0n) is 12.0. The van der Waals surface area contributed by atoms with Gasteiger partial charge < -0.3 is 5.32 Å². The van der Waals surface area contributed by atoms with E-state index in [0.717, 1.165) is 23.0 Å². The monoisotopic (exact) mass is 387 g/mol. The van der Waals surface area contributed by atoms with Crippen LogP contribution in [0.4, 0.5) is 0 Å². The summed E-state index contributed by atoms with van der Waals surface area (Å²) in [5, 5.41) is 7.68. The third-order valence-corrected chi connectivity index (χ3v) is 6.07. The van der Waals surface area contributed by atoms with Gasteiger partial charge in [0.05, 0.1) is 10.9 Å². The van der Waals surface area contributed by atoms with Crippen LogP contribution in [-0.2, 0) is 9.84 Å². The van der Waals surface area contributed by atoms with Crippen molar-refractivity contribution in [1.82, 2.24) is 5.32 Å². The molecule has 3 nitrogen and oxygen atoms in total. The topological polar surface area (TPSA) is 46.2 Å². The Balaban J connectivity index is 2.35. The second-order valence-corrected chi connectivity index (χ2v) is 8.52. The summed E-state index contributed by atoms with van der Waals surface area (Å²) in [5.74, 6) is 0. The molecular weight excluding hydrogens is 370 g/mol. The van der Waals surface area contributed by atoms with Gasteiger partial charge in [-0.25, -0.2) is 8.42 Å². The Morgan fingerprint density at radius 1 is 1.24 bits per heavy atom. The van der Waals surface area contributed by atoms with Crippen LogP contribution in [0.15, 0.2) is 44.4 Å². The maximum absolute atomic E-state index is 11.5. The van der Waals surface area contributed by atoms with Crippen LogP contribution in [-0.4, -0.2) is 21.2 Å². The number of hydrogen-bond donors (Lipinski definition) is 1. The lowest BCUT2D eigenvalue weighted by atomic mass is 10.0. The highest BCUT2D eigenvalue weighted by atomic mass is 79.9. The van der Waals surface area contributed by atoms with Crippen LogP contribution in [0.2, 0.25) is 0 Å². The molecule has 1 aromatic heterocycles. The maximum atomic E-state index is 11.5. The minimum atomic E-state index is -3.15. The minimum absolute atomic E-state index is 0.0687. The van der Waals surface area contributed by atoms with Crippen LogP contribution in [0.25, 0.3) is 0 Å². The normalized spacial score (nSPS) is 13.3. The van der Waals surface area contributed by atoms with Gasteiger partial charge in [-0.3, -0.25) is 0 Å². The molecule has 1 N–H and O–H groups in total. The number of hydrogen-bond acceptors (Lipinski definition) is 4. The van der Waals surface area contributed by atoms with Crippen molar-refractivity contribution in [2.24, 2.45) is 0 Å². The molecule has 0 fully saturated rings. The Bertz CT molecular complexity index is 693. The van der Waals surface area contributed by atoms with Crippen molar-refractivity contribution < 1.29 is 8.42 Å². The molecule has 1 atom stereocenters. The van der Waals surface area contributed by atoms with Gasteiger partial charge in [0.1, 0.15) is 0 Å². The first kappa shape index (κ1) is 16.7. The summed E-state index contributed by atoms with van der Waals surface area (Å²) < 4.78 is 24.2. The van der Waals surface area contributed by atoms with E-state index >= 15 is 0 Å². The first-order valence-corrected chi connectivity index (χ1v) is 10.3. The quantitative estimate of drug-likeness (QED) is 0.814. The van der Waals surface area contributed by atoms with Crippen LogP contribution in [0.5, 0.6) is 0 Å². The average Bonchev–Trinajstić information content (AvgIpc) is 2.85. The third kappa shape index (κ3) is 4.16. The summed E-state index contributed by atoms with van der Waals surface area (Å²) in [5.41, 5.74) is 2.25. The molecule has 1 unspecified atom stereocenters. The second-order valence-electron chi connectivity index (χ2n) is 4.90. The molecule has 1 aromatic carbocycles. The zero-order valence-corrected chi connectivity index (χ0v) is 15.2. The summed E-state index contributed by atoms with van der Waals surface area (Å²) in [6.45, 7) is 3.03. The number of rotatable bonds is 6. The number of benzene rings is 1. The summed E-state index contributed by atoms with van der Waals surface area (Å²) in [6, 6.07) is 7.18. The van der Waals surface area contributed by atoms with Gasteiger partial charge in [-0.1, -0.05) is 19.1 Å². The summed E-state index contributed by atoms with van der Waals surface area (Å²) in [7, 11) is -3.15. The molecule has 2 aromatic rings. The number of thiophene rings is 1. The van der Waals surface area contributed by atoms with Crippen LogP contribution >= 0.6 is 27.3 Å². The van der Waals surface area contributed by atoms with E-state index in [-0.39, 0.29) is 6.04 Å². The molecule has 0 saturated heterocycles. The molecule has 21 heavy (non-hydrogen) atoms. The number of nitrogens with one attached hydrogen (secondary N) is 1. The summed E-state index contributed by atoms with van der Waals surface area (Å²) in [6.07, 6.45) is 2.27. The Hall–Kier alpha value is -0.690.